The second-order valence-corrected chi connectivity index (χ2v) is 5.52. The summed E-state index contributed by atoms with van der Waals surface area (Å²) in [7, 11) is 0. The first-order valence-electron chi connectivity index (χ1n) is 7.36. The van der Waals surface area contributed by atoms with Crippen LogP contribution in [0.5, 0.6) is 0 Å². The molecule has 21 heavy (non-hydrogen) atoms. The van der Waals surface area contributed by atoms with Crippen molar-refractivity contribution in [2.24, 2.45) is 0 Å². The number of benzene rings is 1. The number of nitrogens with zero attached hydrogens (tertiary/aromatic N) is 1. The van der Waals surface area contributed by atoms with Crippen molar-refractivity contribution < 1.29 is 4.74 Å². The fourth-order valence-electron chi connectivity index (χ4n) is 2.15. The highest BCUT2D eigenvalue weighted by Gasteiger charge is 2.13. The molecule has 0 N–H and O–H groups in total. The largest absolute Gasteiger partial charge is 0.378 e. The third-order valence-corrected chi connectivity index (χ3v) is 4.29. The molecule has 0 unspecified atom stereocenters. The maximum atomic E-state index is 11.9. The van der Waals surface area contributed by atoms with Crippen molar-refractivity contribution in [2.75, 3.05) is 31.2 Å². The Morgan fingerprint density at radius 3 is 2.38 bits per heavy atom. The number of ether oxygens (including phenoxy) is 1. The number of hydrogen-bond acceptors (Lipinski definition) is 4. The Bertz CT molecular complexity index is 604. The SMILES string of the molecule is CC.O=c1cc(-c2ccccc2)sc(N2CCOCC2)c1. The van der Waals surface area contributed by atoms with Crippen molar-refractivity contribution in [3.8, 4) is 10.4 Å². The van der Waals surface area contributed by atoms with Gasteiger partial charge in [-0.05, 0) is 5.56 Å². The van der Waals surface area contributed by atoms with E-state index in [9.17, 15) is 4.79 Å². The highest BCUT2D eigenvalue weighted by atomic mass is 32.1. The zero-order chi connectivity index (χ0) is 15.1. The van der Waals surface area contributed by atoms with Crippen LogP contribution in [0, 0.1) is 0 Å². The van der Waals surface area contributed by atoms with E-state index in [4.69, 9.17) is 4.74 Å². The molecule has 0 bridgehead atoms. The second kappa shape index (κ2) is 7.96. The summed E-state index contributed by atoms with van der Waals surface area (Å²) in [6, 6.07) is 13.5. The summed E-state index contributed by atoms with van der Waals surface area (Å²) in [5.41, 5.74) is 1.17. The first-order valence-corrected chi connectivity index (χ1v) is 8.18. The lowest BCUT2D eigenvalue weighted by molar-refractivity contribution is 0.123. The lowest BCUT2D eigenvalue weighted by Crippen LogP contribution is -2.36. The van der Waals surface area contributed by atoms with Crippen molar-refractivity contribution in [1.82, 2.24) is 0 Å². The van der Waals surface area contributed by atoms with Gasteiger partial charge in [-0.15, -0.1) is 11.3 Å². The molecular weight excluding hydrogens is 282 g/mol. The Kier molecular flexibility index (Phi) is 5.96. The monoisotopic (exact) mass is 303 g/mol. The first-order chi connectivity index (χ1) is 10.3. The third kappa shape index (κ3) is 4.16. The predicted octanol–water partition coefficient (Wildman–Crippen LogP) is 3.64. The van der Waals surface area contributed by atoms with Crippen LogP contribution in [-0.2, 0) is 4.74 Å². The van der Waals surface area contributed by atoms with Gasteiger partial charge in [-0.1, -0.05) is 44.2 Å². The summed E-state index contributed by atoms with van der Waals surface area (Å²) in [5, 5.41) is 1.04. The normalized spacial score (nSPS) is 14.3. The molecule has 0 aliphatic carbocycles. The second-order valence-electron chi connectivity index (χ2n) is 4.46. The zero-order valence-electron chi connectivity index (χ0n) is 12.5. The molecule has 2 heterocycles. The molecule has 1 aromatic heterocycles. The molecule has 0 atom stereocenters. The van der Waals surface area contributed by atoms with Gasteiger partial charge in [0, 0.05) is 30.1 Å². The van der Waals surface area contributed by atoms with Crippen LogP contribution in [0.4, 0.5) is 5.00 Å². The summed E-state index contributed by atoms with van der Waals surface area (Å²) >= 11 is 1.67. The van der Waals surface area contributed by atoms with Crippen LogP contribution in [0.15, 0.2) is 47.3 Å². The maximum Gasteiger partial charge on any atom is 0.182 e. The third-order valence-electron chi connectivity index (χ3n) is 3.13. The molecule has 0 saturated carbocycles. The van der Waals surface area contributed by atoms with Crippen LogP contribution in [0.3, 0.4) is 0 Å². The highest BCUT2D eigenvalue weighted by Crippen LogP contribution is 2.29. The minimum Gasteiger partial charge on any atom is -0.378 e. The fraction of sp³-hybridized carbons (Fsp3) is 0.353. The van der Waals surface area contributed by atoms with Gasteiger partial charge in [0.1, 0.15) is 0 Å². The van der Waals surface area contributed by atoms with Gasteiger partial charge in [-0.2, -0.15) is 0 Å². The molecule has 2 aromatic rings. The van der Waals surface area contributed by atoms with E-state index >= 15 is 0 Å². The van der Waals surface area contributed by atoms with E-state index in [1.165, 1.54) is 0 Å². The van der Waals surface area contributed by atoms with Gasteiger partial charge in [0.2, 0.25) is 0 Å². The molecule has 1 aliphatic heterocycles. The number of anilines is 1. The maximum absolute atomic E-state index is 11.9. The van der Waals surface area contributed by atoms with E-state index in [1.54, 1.807) is 23.5 Å². The van der Waals surface area contributed by atoms with Gasteiger partial charge in [-0.25, -0.2) is 0 Å². The molecule has 4 heteroatoms. The fourth-order valence-corrected chi connectivity index (χ4v) is 3.29. The first kappa shape index (κ1) is 15.7. The molecule has 0 radical (unpaired) electrons. The Labute approximate surface area is 129 Å². The van der Waals surface area contributed by atoms with E-state index < -0.39 is 0 Å². The van der Waals surface area contributed by atoms with Crippen LogP contribution in [-0.4, -0.2) is 26.3 Å². The van der Waals surface area contributed by atoms with Crippen LogP contribution in [0.25, 0.3) is 10.4 Å². The summed E-state index contributed by atoms with van der Waals surface area (Å²) in [5.74, 6) is 0. The smallest absolute Gasteiger partial charge is 0.182 e. The van der Waals surface area contributed by atoms with Crippen molar-refractivity contribution in [2.45, 2.75) is 13.8 Å². The van der Waals surface area contributed by atoms with Crippen LogP contribution < -0.4 is 10.3 Å². The molecule has 0 amide bonds. The van der Waals surface area contributed by atoms with Crippen LogP contribution >= 0.6 is 11.3 Å². The predicted molar refractivity (Wildman–Crippen MR) is 90.4 cm³/mol. The molecule has 3 nitrogen and oxygen atoms in total. The topological polar surface area (TPSA) is 29.5 Å². The number of hydrogen-bond donors (Lipinski definition) is 0. The Morgan fingerprint density at radius 1 is 1.05 bits per heavy atom. The molecule has 1 aromatic carbocycles. The quantitative estimate of drug-likeness (QED) is 0.848. The van der Waals surface area contributed by atoms with Gasteiger partial charge in [0.05, 0.1) is 18.2 Å². The average Bonchev–Trinajstić information content (AvgIpc) is 2.58. The van der Waals surface area contributed by atoms with E-state index in [0.717, 1.165) is 41.7 Å². The van der Waals surface area contributed by atoms with E-state index in [-0.39, 0.29) is 5.43 Å². The standard InChI is InChI=1S/C15H15NO2S.C2H6/c17-13-10-14(12-4-2-1-3-5-12)19-15(11-13)16-6-8-18-9-7-16;1-2/h1-5,10-11H,6-9H2;1-2H3. The minimum absolute atomic E-state index is 0.0686. The van der Waals surface area contributed by atoms with Crippen molar-refractivity contribution in [3.05, 3.63) is 52.7 Å². The number of morpholine rings is 1. The Balaban J connectivity index is 0.000000774. The highest BCUT2D eigenvalue weighted by molar-refractivity contribution is 7.19. The Hall–Kier alpha value is -1.65. The van der Waals surface area contributed by atoms with Crippen molar-refractivity contribution in [3.63, 3.8) is 0 Å². The summed E-state index contributed by atoms with van der Waals surface area (Å²) in [4.78, 5) is 15.1. The summed E-state index contributed by atoms with van der Waals surface area (Å²) in [6.07, 6.45) is 0. The number of rotatable bonds is 2. The van der Waals surface area contributed by atoms with Crippen molar-refractivity contribution in [1.29, 1.82) is 0 Å². The van der Waals surface area contributed by atoms with Gasteiger partial charge in [0.25, 0.3) is 0 Å². The molecular formula is C17H21NO2S. The van der Waals surface area contributed by atoms with Crippen LogP contribution in [0.1, 0.15) is 13.8 Å². The lowest BCUT2D eigenvalue weighted by atomic mass is 10.2. The minimum atomic E-state index is 0.0686. The van der Waals surface area contributed by atoms with Gasteiger partial charge < -0.3 is 9.64 Å². The van der Waals surface area contributed by atoms with Crippen LogP contribution in [0.2, 0.25) is 0 Å². The van der Waals surface area contributed by atoms with Gasteiger partial charge in [0.15, 0.2) is 5.43 Å². The summed E-state index contributed by atoms with van der Waals surface area (Å²) < 4.78 is 5.35. The Morgan fingerprint density at radius 2 is 1.71 bits per heavy atom. The molecule has 112 valence electrons. The van der Waals surface area contributed by atoms with Gasteiger partial charge in [-0.3, -0.25) is 4.79 Å². The zero-order valence-corrected chi connectivity index (χ0v) is 13.4. The average molecular weight is 303 g/mol. The molecule has 1 saturated heterocycles. The molecule has 1 fully saturated rings. The summed E-state index contributed by atoms with van der Waals surface area (Å²) in [6.45, 7) is 7.18. The van der Waals surface area contributed by atoms with E-state index in [0.29, 0.717) is 0 Å². The van der Waals surface area contributed by atoms with Crippen molar-refractivity contribution >= 4 is 16.3 Å². The van der Waals surface area contributed by atoms with E-state index in [1.807, 2.05) is 44.2 Å². The molecule has 3 rings (SSSR count). The van der Waals surface area contributed by atoms with E-state index in [2.05, 4.69) is 4.90 Å². The lowest BCUT2D eigenvalue weighted by Gasteiger charge is -2.28. The molecule has 1 aliphatic rings. The molecule has 0 spiro atoms. The van der Waals surface area contributed by atoms with Gasteiger partial charge >= 0.3 is 0 Å².